The van der Waals surface area contributed by atoms with Crippen LogP contribution in [0.3, 0.4) is 0 Å². The maximum Gasteiger partial charge on any atom is 0.338 e. The smallest absolute Gasteiger partial charge is 0.338 e. The van der Waals surface area contributed by atoms with Crippen LogP contribution in [0.4, 0.5) is 5.69 Å². The van der Waals surface area contributed by atoms with Gasteiger partial charge in [0.05, 0.1) is 23.1 Å². The molecule has 1 aromatic heterocycles. The van der Waals surface area contributed by atoms with Gasteiger partial charge < -0.3 is 15.0 Å². The SMILES string of the molecule is CCc1ccccc1NC(=O)CN(C)C(=O)COC(=O)c1ccc2nccnc2c1. The number of aryl methyl sites for hydroxylation is 1. The number of likely N-dealkylation sites (N-methyl/N-ethyl adjacent to an activating group) is 1. The largest absolute Gasteiger partial charge is 0.452 e. The number of hydrogen-bond acceptors (Lipinski definition) is 6. The van der Waals surface area contributed by atoms with Crippen LogP contribution in [0.15, 0.2) is 54.9 Å². The van der Waals surface area contributed by atoms with Crippen LogP contribution in [0, 0.1) is 0 Å². The summed E-state index contributed by atoms with van der Waals surface area (Å²) in [6.45, 7) is 1.38. The van der Waals surface area contributed by atoms with E-state index in [1.807, 2.05) is 31.2 Å². The molecule has 8 heteroatoms. The van der Waals surface area contributed by atoms with Gasteiger partial charge >= 0.3 is 5.97 Å². The highest BCUT2D eigenvalue weighted by molar-refractivity contribution is 5.96. The summed E-state index contributed by atoms with van der Waals surface area (Å²) in [4.78, 5) is 46.2. The van der Waals surface area contributed by atoms with E-state index in [1.54, 1.807) is 24.4 Å². The Kier molecular flexibility index (Phi) is 6.69. The van der Waals surface area contributed by atoms with Gasteiger partial charge in [-0.05, 0) is 36.2 Å². The maximum atomic E-state index is 12.3. The molecule has 0 atom stereocenters. The van der Waals surface area contributed by atoms with Crippen molar-refractivity contribution in [2.45, 2.75) is 13.3 Å². The van der Waals surface area contributed by atoms with Crippen LogP contribution >= 0.6 is 0 Å². The first-order valence-corrected chi connectivity index (χ1v) is 9.47. The molecule has 0 aliphatic heterocycles. The van der Waals surface area contributed by atoms with E-state index in [-0.39, 0.29) is 18.0 Å². The number of carbonyl (C=O) groups excluding carboxylic acids is 3. The van der Waals surface area contributed by atoms with Crippen molar-refractivity contribution in [3.05, 3.63) is 66.0 Å². The second-order valence-corrected chi connectivity index (χ2v) is 6.64. The highest BCUT2D eigenvalue weighted by Gasteiger charge is 2.17. The Balaban J connectivity index is 1.52. The van der Waals surface area contributed by atoms with Crippen LogP contribution in [0.2, 0.25) is 0 Å². The first-order chi connectivity index (χ1) is 14.5. The lowest BCUT2D eigenvalue weighted by Gasteiger charge is -2.17. The molecule has 0 saturated heterocycles. The van der Waals surface area contributed by atoms with Crippen LogP contribution in [0.1, 0.15) is 22.8 Å². The Bertz CT molecular complexity index is 1080. The molecule has 3 rings (SSSR count). The molecule has 0 spiro atoms. The lowest BCUT2D eigenvalue weighted by molar-refractivity contribution is -0.136. The minimum absolute atomic E-state index is 0.153. The molecule has 1 heterocycles. The quantitative estimate of drug-likeness (QED) is 0.605. The molecule has 0 unspecified atom stereocenters. The standard InChI is InChI=1S/C22H22N4O4/c1-3-15-6-4-5-7-17(15)25-20(27)13-26(2)21(28)14-30-22(29)16-8-9-18-19(12-16)24-11-10-23-18/h4-12H,3,13-14H2,1-2H3,(H,25,27). The van der Waals surface area contributed by atoms with Gasteiger partial charge in [-0.15, -0.1) is 0 Å². The number of fused-ring (bicyclic) bond motifs is 1. The molecular weight excluding hydrogens is 384 g/mol. The van der Waals surface area contributed by atoms with E-state index in [1.165, 1.54) is 18.1 Å². The first kappa shape index (κ1) is 20.9. The average Bonchev–Trinajstić information content (AvgIpc) is 2.77. The minimum atomic E-state index is -0.648. The number of carbonyl (C=O) groups is 3. The van der Waals surface area contributed by atoms with E-state index >= 15 is 0 Å². The van der Waals surface area contributed by atoms with Crippen LogP contribution in [-0.2, 0) is 20.7 Å². The molecule has 2 aromatic carbocycles. The Morgan fingerprint density at radius 2 is 1.77 bits per heavy atom. The molecule has 0 bridgehead atoms. The number of hydrogen-bond donors (Lipinski definition) is 1. The average molecular weight is 406 g/mol. The van der Waals surface area contributed by atoms with Crippen molar-refractivity contribution in [1.29, 1.82) is 0 Å². The van der Waals surface area contributed by atoms with Gasteiger partial charge in [-0.1, -0.05) is 25.1 Å². The minimum Gasteiger partial charge on any atom is -0.452 e. The summed E-state index contributed by atoms with van der Waals surface area (Å²) >= 11 is 0. The van der Waals surface area contributed by atoms with Gasteiger partial charge in [-0.25, -0.2) is 4.79 Å². The molecule has 0 saturated carbocycles. The zero-order valence-corrected chi connectivity index (χ0v) is 16.8. The van der Waals surface area contributed by atoms with Crippen molar-refractivity contribution in [3.8, 4) is 0 Å². The fourth-order valence-corrected chi connectivity index (χ4v) is 2.85. The van der Waals surface area contributed by atoms with Crippen molar-refractivity contribution >= 4 is 34.5 Å². The van der Waals surface area contributed by atoms with Crippen LogP contribution < -0.4 is 5.32 Å². The Labute approximate surface area is 173 Å². The lowest BCUT2D eigenvalue weighted by atomic mass is 10.1. The summed E-state index contributed by atoms with van der Waals surface area (Å²) in [6.07, 6.45) is 3.87. The van der Waals surface area contributed by atoms with Crippen LogP contribution in [0.25, 0.3) is 11.0 Å². The third-order valence-corrected chi connectivity index (χ3v) is 4.51. The van der Waals surface area contributed by atoms with Gasteiger partial charge in [0.1, 0.15) is 0 Å². The van der Waals surface area contributed by atoms with Gasteiger partial charge in [0.25, 0.3) is 5.91 Å². The fraction of sp³-hybridized carbons (Fsp3) is 0.227. The molecule has 3 aromatic rings. The molecule has 0 fully saturated rings. The molecular formula is C22H22N4O4. The summed E-state index contributed by atoms with van der Waals surface area (Å²) in [5, 5.41) is 2.80. The van der Waals surface area contributed by atoms with Crippen molar-refractivity contribution in [3.63, 3.8) is 0 Å². The number of rotatable bonds is 7. The monoisotopic (exact) mass is 406 g/mol. The number of ether oxygens (including phenoxy) is 1. The van der Waals surface area contributed by atoms with Crippen LogP contribution in [-0.4, -0.2) is 52.9 Å². The van der Waals surface area contributed by atoms with E-state index in [0.717, 1.165) is 17.7 Å². The van der Waals surface area contributed by atoms with E-state index in [0.29, 0.717) is 11.0 Å². The highest BCUT2D eigenvalue weighted by atomic mass is 16.5. The van der Waals surface area contributed by atoms with E-state index in [9.17, 15) is 14.4 Å². The number of amides is 2. The predicted molar refractivity (Wildman–Crippen MR) is 112 cm³/mol. The normalized spacial score (nSPS) is 10.5. The third kappa shape index (κ3) is 5.16. The number of nitrogens with zero attached hydrogens (tertiary/aromatic N) is 3. The lowest BCUT2D eigenvalue weighted by Crippen LogP contribution is -2.37. The summed E-state index contributed by atoms with van der Waals surface area (Å²) in [5.41, 5.74) is 3.21. The number of anilines is 1. The first-order valence-electron chi connectivity index (χ1n) is 9.47. The van der Waals surface area contributed by atoms with Crippen molar-refractivity contribution in [1.82, 2.24) is 14.9 Å². The zero-order valence-electron chi connectivity index (χ0n) is 16.8. The predicted octanol–water partition coefficient (Wildman–Crippen LogP) is 2.45. The second kappa shape index (κ2) is 9.60. The summed E-state index contributed by atoms with van der Waals surface area (Å²) in [7, 11) is 1.48. The maximum absolute atomic E-state index is 12.3. The topological polar surface area (TPSA) is 101 Å². The zero-order chi connectivity index (χ0) is 21.5. The van der Waals surface area contributed by atoms with Gasteiger partial charge in [0.15, 0.2) is 6.61 Å². The molecule has 1 N–H and O–H groups in total. The van der Waals surface area contributed by atoms with Crippen LogP contribution in [0.5, 0.6) is 0 Å². The number of aromatic nitrogens is 2. The number of benzene rings is 2. The highest BCUT2D eigenvalue weighted by Crippen LogP contribution is 2.15. The fourth-order valence-electron chi connectivity index (χ4n) is 2.85. The van der Waals surface area contributed by atoms with Gasteiger partial charge in [-0.2, -0.15) is 0 Å². The molecule has 154 valence electrons. The summed E-state index contributed by atoms with van der Waals surface area (Å²) < 4.78 is 5.09. The number of para-hydroxylation sites is 1. The Morgan fingerprint density at radius 3 is 2.53 bits per heavy atom. The number of esters is 1. The molecule has 2 amide bonds. The molecule has 0 aliphatic rings. The molecule has 0 radical (unpaired) electrons. The molecule has 8 nitrogen and oxygen atoms in total. The van der Waals surface area contributed by atoms with E-state index in [4.69, 9.17) is 4.74 Å². The second-order valence-electron chi connectivity index (χ2n) is 6.64. The van der Waals surface area contributed by atoms with Crippen molar-refractivity contribution in [2.75, 3.05) is 25.5 Å². The molecule has 30 heavy (non-hydrogen) atoms. The van der Waals surface area contributed by atoms with Gasteiger partial charge in [0, 0.05) is 25.1 Å². The van der Waals surface area contributed by atoms with E-state index < -0.39 is 18.5 Å². The van der Waals surface area contributed by atoms with Crippen molar-refractivity contribution in [2.24, 2.45) is 0 Å². The summed E-state index contributed by atoms with van der Waals surface area (Å²) in [6, 6.07) is 12.3. The van der Waals surface area contributed by atoms with E-state index in [2.05, 4.69) is 15.3 Å². The summed E-state index contributed by atoms with van der Waals surface area (Å²) in [5.74, 6) is -1.46. The van der Waals surface area contributed by atoms with Crippen molar-refractivity contribution < 1.29 is 19.1 Å². The Hall–Kier alpha value is -3.81. The Morgan fingerprint density at radius 1 is 1.03 bits per heavy atom. The number of nitrogens with one attached hydrogen (secondary N) is 1. The van der Waals surface area contributed by atoms with Gasteiger partial charge in [0.2, 0.25) is 5.91 Å². The third-order valence-electron chi connectivity index (χ3n) is 4.51. The van der Waals surface area contributed by atoms with Gasteiger partial charge in [-0.3, -0.25) is 19.6 Å². The molecule has 0 aliphatic carbocycles.